The largest absolute Gasteiger partial charge is 0.480 e. The number of likely N-dealkylation sites (N-methyl/N-ethyl adjacent to an activating group) is 1. The first-order valence-electron chi connectivity index (χ1n) is 11.0. The highest BCUT2D eigenvalue weighted by atomic mass is 16.5. The number of nitrogens with zero attached hydrogens (tertiary/aromatic N) is 1. The van der Waals surface area contributed by atoms with Crippen molar-refractivity contribution < 1.29 is 24.2 Å². The second-order valence-electron chi connectivity index (χ2n) is 8.35. The summed E-state index contributed by atoms with van der Waals surface area (Å²) in [6.45, 7) is 1.66. The SMILES string of the molecule is C[C@@H](C(=O)O)N(C)C(=O)Cc1cccc(NC(=O)OCC2c3ccccc3-c3ccccc32)c1. The average molecular weight is 459 g/mol. The van der Waals surface area contributed by atoms with E-state index in [0.29, 0.717) is 11.3 Å². The predicted octanol–water partition coefficient (Wildman–Crippen LogP) is 4.52. The van der Waals surface area contributed by atoms with Gasteiger partial charge in [0.2, 0.25) is 5.91 Å². The number of carbonyl (C=O) groups excluding carboxylic acids is 2. The lowest BCUT2D eigenvalue weighted by Crippen LogP contribution is -2.41. The molecule has 0 saturated carbocycles. The van der Waals surface area contributed by atoms with Gasteiger partial charge in [-0.25, -0.2) is 9.59 Å². The zero-order chi connectivity index (χ0) is 24.2. The van der Waals surface area contributed by atoms with Crippen LogP contribution in [0.15, 0.2) is 72.8 Å². The van der Waals surface area contributed by atoms with Gasteiger partial charge in [-0.3, -0.25) is 10.1 Å². The highest BCUT2D eigenvalue weighted by molar-refractivity contribution is 5.87. The maximum Gasteiger partial charge on any atom is 0.411 e. The lowest BCUT2D eigenvalue weighted by Gasteiger charge is -2.21. The molecule has 3 aromatic rings. The van der Waals surface area contributed by atoms with E-state index in [1.165, 1.54) is 18.9 Å². The standard InChI is InChI=1S/C27H26N2O5/c1-17(26(31)32)29(2)25(30)15-18-8-7-9-19(14-18)28-27(33)34-16-24-22-12-5-3-10-20(22)21-11-4-6-13-23(21)24/h3-14,17,24H,15-16H2,1-2H3,(H,28,33)(H,31,32)/t17-/m0/s1. The molecule has 0 heterocycles. The molecule has 0 radical (unpaired) electrons. The molecule has 174 valence electrons. The van der Waals surface area contributed by atoms with Crippen molar-refractivity contribution in [2.24, 2.45) is 0 Å². The minimum Gasteiger partial charge on any atom is -0.480 e. The van der Waals surface area contributed by atoms with Crippen LogP contribution in [0.5, 0.6) is 0 Å². The van der Waals surface area contributed by atoms with Crippen molar-refractivity contribution in [3.05, 3.63) is 89.5 Å². The topological polar surface area (TPSA) is 95.9 Å². The van der Waals surface area contributed by atoms with Gasteiger partial charge in [-0.1, -0.05) is 60.7 Å². The molecule has 1 aliphatic rings. The molecule has 1 atom stereocenters. The van der Waals surface area contributed by atoms with Gasteiger partial charge in [0.05, 0.1) is 6.42 Å². The fourth-order valence-corrected chi connectivity index (χ4v) is 4.19. The summed E-state index contributed by atoms with van der Waals surface area (Å²) >= 11 is 0. The Bertz CT molecular complexity index is 1190. The molecular formula is C27H26N2O5. The van der Waals surface area contributed by atoms with Gasteiger partial charge in [-0.05, 0) is 46.9 Å². The minimum absolute atomic E-state index is 0.0222. The first-order valence-corrected chi connectivity index (χ1v) is 11.0. The van der Waals surface area contributed by atoms with E-state index in [1.54, 1.807) is 24.3 Å². The fraction of sp³-hybridized carbons (Fsp3) is 0.222. The van der Waals surface area contributed by atoms with Crippen LogP contribution in [0.3, 0.4) is 0 Å². The van der Waals surface area contributed by atoms with Crippen molar-refractivity contribution in [1.82, 2.24) is 4.90 Å². The second-order valence-corrected chi connectivity index (χ2v) is 8.35. The molecule has 0 unspecified atom stereocenters. The van der Waals surface area contributed by atoms with Gasteiger partial charge in [0.1, 0.15) is 12.6 Å². The smallest absolute Gasteiger partial charge is 0.411 e. The van der Waals surface area contributed by atoms with Crippen LogP contribution in [-0.2, 0) is 20.7 Å². The van der Waals surface area contributed by atoms with Gasteiger partial charge in [0.25, 0.3) is 0 Å². The number of rotatable bonds is 7. The van der Waals surface area contributed by atoms with Crippen molar-refractivity contribution in [3.8, 4) is 11.1 Å². The molecule has 3 aromatic carbocycles. The number of amides is 2. The summed E-state index contributed by atoms with van der Waals surface area (Å²) in [6.07, 6.45) is -0.559. The molecule has 0 saturated heterocycles. The number of aliphatic carboxylic acids is 1. The fourth-order valence-electron chi connectivity index (χ4n) is 4.19. The average Bonchev–Trinajstić information content (AvgIpc) is 3.15. The molecule has 0 fully saturated rings. The Balaban J connectivity index is 1.38. The zero-order valence-electron chi connectivity index (χ0n) is 19.0. The van der Waals surface area contributed by atoms with Gasteiger partial charge >= 0.3 is 12.1 Å². The van der Waals surface area contributed by atoms with Crippen molar-refractivity contribution in [3.63, 3.8) is 0 Å². The summed E-state index contributed by atoms with van der Waals surface area (Å²) in [7, 11) is 1.46. The number of anilines is 1. The lowest BCUT2D eigenvalue weighted by molar-refractivity contribution is -0.147. The third-order valence-corrected chi connectivity index (χ3v) is 6.20. The second kappa shape index (κ2) is 9.79. The van der Waals surface area contributed by atoms with E-state index in [9.17, 15) is 14.4 Å². The number of hydrogen-bond acceptors (Lipinski definition) is 4. The Morgan fingerprint density at radius 2 is 1.59 bits per heavy atom. The van der Waals surface area contributed by atoms with E-state index < -0.39 is 18.1 Å². The molecule has 0 aliphatic heterocycles. The Morgan fingerprint density at radius 1 is 0.971 bits per heavy atom. The number of ether oxygens (including phenoxy) is 1. The molecule has 7 nitrogen and oxygen atoms in total. The number of carboxylic acid groups (broad SMARTS) is 1. The monoisotopic (exact) mass is 458 g/mol. The van der Waals surface area contributed by atoms with E-state index in [-0.39, 0.29) is 24.9 Å². The Morgan fingerprint density at radius 3 is 2.21 bits per heavy atom. The van der Waals surface area contributed by atoms with Crippen molar-refractivity contribution in [1.29, 1.82) is 0 Å². The highest BCUT2D eigenvalue weighted by Crippen LogP contribution is 2.44. The van der Waals surface area contributed by atoms with Crippen molar-refractivity contribution in [2.75, 3.05) is 19.0 Å². The van der Waals surface area contributed by atoms with Crippen LogP contribution in [0.1, 0.15) is 29.5 Å². The molecule has 2 amide bonds. The normalized spacial score (nSPS) is 12.9. The summed E-state index contributed by atoms with van der Waals surface area (Å²) in [5, 5.41) is 11.8. The maximum atomic E-state index is 12.5. The molecule has 0 spiro atoms. The predicted molar refractivity (Wildman–Crippen MR) is 129 cm³/mol. The number of nitrogens with one attached hydrogen (secondary N) is 1. The lowest BCUT2D eigenvalue weighted by atomic mass is 9.98. The van der Waals surface area contributed by atoms with Crippen LogP contribution in [0, 0.1) is 0 Å². The quantitative estimate of drug-likeness (QED) is 0.543. The number of carboxylic acids is 1. The van der Waals surface area contributed by atoms with E-state index in [1.807, 2.05) is 24.3 Å². The van der Waals surface area contributed by atoms with Gasteiger partial charge < -0.3 is 14.7 Å². The molecule has 34 heavy (non-hydrogen) atoms. The third kappa shape index (κ3) is 4.78. The molecule has 7 heteroatoms. The number of hydrogen-bond donors (Lipinski definition) is 2. The van der Waals surface area contributed by atoms with Crippen molar-refractivity contribution >= 4 is 23.7 Å². The first-order chi connectivity index (χ1) is 16.3. The molecule has 1 aliphatic carbocycles. The van der Waals surface area contributed by atoms with E-state index in [2.05, 4.69) is 29.6 Å². The number of carbonyl (C=O) groups is 3. The summed E-state index contributed by atoms with van der Waals surface area (Å²) in [5.74, 6) is -1.43. The molecule has 2 N–H and O–H groups in total. The van der Waals surface area contributed by atoms with Crippen LogP contribution >= 0.6 is 0 Å². The summed E-state index contributed by atoms with van der Waals surface area (Å²) in [6, 6.07) is 22.2. The van der Waals surface area contributed by atoms with Gasteiger partial charge in [0.15, 0.2) is 0 Å². The third-order valence-electron chi connectivity index (χ3n) is 6.20. The molecule has 4 rings (SSSR count). The van der Waals surface area contributed by atoms with Crippen molar-refractivity contribution in [2.45, 2.75) is 25.3 Å². The summed E-state index contributed by atoms with van der Waals surface area (Å²) in [5.41, 5.74) is 5.74. The molecule has 0 bridgehead atoms. The van der Waals surface area contributed by atoms with Gasteiger partial charge in [0, 0.05) is 18.7 Å². The van der Waals surface area contributed by atoms with E-state index >= 15 is 0 Å². The first kappa shape index (κ1) is 23.0. The Hall–Kier alpha value is -4.13. The van der Waals surface area contributed by atoms with E-state index in [4.69, 9.17) is 9.84 Å². The molecular weight excluding hydrogens is 432 g/mol. The van der Waals surface area contributed by atoms with Gasteiger partial charge in [-0.15, -0.1) is 0 Å². The number of fused-ring (bicyclic) bond motifs is 3. The Kier molecular flexibility index (Phi) is 6.63. The van der Waals surface area contributed by atoms with Crippen LogP contribution in [0.2, 0.25) is 0 Å². The summed E-state index contributed by atoms with van der Waals surface area (Å²) in [4.78, 5) is 37.2. The van der Waals surface area contributed by atoms with Crippen LogP contribution < -0.4 is 5.32 Å². The summed E-state index contributed by atoms with van der Waals surface area (Å²) < 4.78 is 5.57. The molecule has 0 aromatic heterocycles. The maximum absolute atomic E-state index is 12.5. The minimum atomic E-state index is -1.07. The van der Waals surface area contributed by atoms with Crippen LogP contribution in [0.25, 0.3) is 11.1 Å². The number of benzene rings is 3. The van der Waals surface area contributed by atoms with Gasteiger partial charge in [-0.2, -0.15) is 0 Å². The zero-order valence-corrected chi connectivity index (χ0v) is 19.0. The Labute approximate surface area is 198 Å². The van der Waals surface area contributed by atoms with E-state index in [0.717, 1.165) is 22.3 Å². The van der Waals surface area contributed by atoms with Crippen LogP contribution in [-0.4, -0.2) is 47.7 Å². The van der Waals surface area contributed by atoms with Crippen LogP contribution in [0.4, 0.5) is 10.5 Å². The highest BCUT2D eigenvalue weighted by Gasteiger charge is 2.29.